The average Bonchev–Trinajstić information content (AvgIpc) is 2.27. The topological polar surface area (TPSA) is 66.4 Å². The summed E-state index contributed by atoms with van der Waals surface area (Å²) in [6.07, 6.45) is 3.90. The number of sulfonamides is 1. The van der Waals surface area contributed by atoms with E-state index in [4.69, 9.17) is 6.42 Å². The number of nitrogens with one attached hydrogen (secondary N) is 1. The van der Waals surface area contributed by atoms with Gasteiger partial charge in [-0.25, -0.2) is 13.1 Å². The van der Waals surface area contributed by atoms with E-state index in [1.165, 1.54) is 26.0 Å². The maximum Gasteiger partial charge on any atom is 0.241 e. The van der Waals surface area contributed by atoms with E-state index >= 15 is 0 Å². The summed E-state index contributed by atoms with van der Waals surface area (Å²) in [5.74, 6) is 2.12. The van der Waals surface area contributed by atoms with Crippen LogP contribution in [-0.2, 0) is 10.0 Å². The van der Waals surface area contributed by atoms with Crippen LogP contribution in [0, 0.1) is 19.3 Å². The van der Waals surface area contributed by atoms with Gasteiger partial charge in [0.25, 0.3) is 0 Å². The van der Waals surface area contributed by atoms with E-state index in [1.807, 2.05) is 6.92 Å². The van der Waals surface area contributed by atoms with E-state index < -0.39 is 21.7 Å². The van der Waals surface area contributed by atoms with Crippen LogP contribution in [-0.4, -0.2) is 25.2 Å². The van der Waals surface area contributed by atoms with Crippen LogP contribution in [0.5, 0.6) is 0 Å². The number of hydrogen-bond donors (Lipinski definition) is 2. The molecule has 0 aromatic heterocycles. The number of aryl methyl sites for hydroxylation is 1. The average molecular weight is 267 g/mol. The summed E-state index contributed by atoms with van der Waals surface area (Å²) in [6.45, 7) is 4.93. The van der Waals surface area contributed by atoms with Crippen LogP contribution in [0.1, 0.15) is 19.4 Å². The molecule has 0 bridgehead atoms. The summed E-state index contributed by atoms with van der Waals surface area (Å²) in [5.41, 5.74) is -0.157. The Labute approximate surface area is 108 Å². The zero-order chi connectivity index (χ0) is 14.0. The monoisotopic (exact) mass is 267 g/mol. The molecule has 1 unspecified atom stereocenters. The van der Waals surface area contributed by atoms with E-state index in [0.717, 1.165) is 5.56 Å². The lowest BCUT2D eigenvalue weighted by atomic mass is 10.00. The summed E-state index contributed by atoms with van der Waals surface area (Å²) < 4.78 is 26.6. The molecule has 2 N–H and O–H groups in total. The Bertz CT molecular complexity index is 553. The molecule has 0 heterocycles. The molecule has 0 radical (unpaired) electrons. The number of benzene rings is 1. The van der Waals surface area contributed by atoms with E-state index in [2.05, 4.69) is 10.6 Å². The van der Waals surface area contributed by atoms with Crippen molar-refractivity contribution in [3.8, 4) is 12.3 Å². The first-order valence-corrected chi connectivity index (χ1v) is 6.92. The second-order valence-corrected chi connectivity index (χ2v) is 6.39. The highest BCUT2D eigenvalue weighted by Crippen LogP contribution is 2.16. The predicted molar refractivity (Wildman–Crippen MR) is 70.4 cm³/mol. The van der Waals surface area contributed by atoms with Crippen molar-refractivity contribution in [3.63, 3.8) is 0 Å². The van der Waals surface area contributed by atoms with Crippen molar-refractivity contribution in [1.29, 1.82) is 0 Å². The Morgan fingerprint density at radius 3 is 2.28 bits per heavy atom. The van der Waals surface area contributed by atoms with E-state index in [0.29, 0.717) is 0 Å². The SMILES string of the molecule is C#CC(O)C(C)(C)NS(=O)(=O)c1ccc(C)cc1. The normalized spacial score (nSPS) is 13.9. The van der Waals surface area contributed by atoms with Crippen molar-refractivity contribution in [1.82, 2.24) is 4.72 Å². The standard InChI is InChI=1S/C13H17NO3S/c1-5-12(15)13(3,4)14-18(16,17)11-8-6-10(2)7-9-11/h1,6-9,12,14-15H,2-4H3. The van der Waals surface area contributed by atoms with Gasteiger partial charge in [0.05, 0.1) is 10.4 Å². The largest absolute Gasteiger partial charge is 0.378 e. The van der Waals surface area contributed by atoms with Crippen LogP contribution in [0.3, 0.4) is 0 Å². The van der Waals surface area contributed by atoms with E-state index in [1.54, 1.807) is 12.1 Å². The van der Waals surface area contributed by atoms with Crippen molar-refractivity contribution in [3.05, 3.63) is 29.8 Å². The number of rotatable bonds is 4. The highest BCUT2D eigenvalue weighted by Gasteiger charge is 2.31. The molecule has 1 aromatic rings. The molecule has 0 saturated heterocycles. The molecule has 0 saturated carbocycles. The van der Waals surface area contributed by atoms with Crippen LogP contribution in [0.15, 0.2) is 29.2 Å². The lowest BCUT2D eigenvalue weighted by Gasteiger charge is -2.28. The van der Waals surface area contributed by atoms with Crippen LogP contribution in [0.25, 0.3) is 0 Å². The molecule has 1 rings (SSSR count). The van der Waals surface area contributed by atoms with Crippen LogP contribution < -0.4 is 4.72 Å². The summed E-state index contributed by atoms with van der Waals surface area (Å²) in [5, 5.41) is 9.58. The number of terminal acetylenes is 1. The minimum Gasteiger partial charge on any atom is -0.378 e. The van der Waals surface area contributed by atoms with Crippen LogP contribution in [0.4, 0.5) is 0 Å². The minimum atomic E-state index is -3.70. The van der Waals surface area contributed by atoms with Crippen molar-refractivity contribution in [2.24, 2.45) is 0 Å². The molecule has 5 heteroatoms. The summed E-state index contributed by atoms with van der Waals surface area (Å²) in [7, 11) is -3.70. The van der Waals surface area contributed by atoms with Gasteiger partial charge in [0, 0.05) is 0 Å². The molecule has 0 spiro atoms. The molecule has 0 aliphatic carbocycles. The Hall–Kier alpha value is -1.35. The maximum atomic E-state index is 12.1. The third kappa shape index (κ3) is 3.33. The Kier molecular flexibility index (Phi) is 4.17. The molecule has 0 aliphatic heterocycles. The van der Waals surface area contributed by atoms with Crippen LogP contribution in [0.2, 0.25) is 0 Å². The molecular formula is C13H17NO3S. The van der Waals surface area contributed by atoms with Gasteiger partial charge < -0.3 is 5.11 Å². The smallest absolute Gasteiger partial charge is 0.241 e. The highest BCUT2D eigenvalue weighted by molar-refractivity contribution is 7.89. The number of hydrogen-bond acceptors (Lipinski definition) is 3. The molecule has 1 aromatic carbocycles. The molecule has 0 amide bonds. The second kappa shape index (κ2) is 5.11. The molecule has 0 fully saturated rings. The fourth-order valence-corrected chi connectivity index (χ4v) is 2.80. The van der Waals surface area contributed by atoms with Gasteiger partial charge in [0.1, 0.15) is 6.10 Å². The van der Waals surface area contributed by atoms with Gasteiger partial charge in [-0.15, -0.1) is 6.42 Å². The van der Waals surface area contributed by atoms with Crippen molar-refractivity contribution < 1.29 is 13.5 Å². The summed E-state index contributed by atoms with van der Waals surface area (Å²) >= 11 is 0. The van der Waals surface area contributed by atoms with Crippen molar-refractivity contribution in [2.75, 3.05) is 0 Å². The Morgan fingerprint density at radius 2 is 1.83 bits per heavy atom. The fourth-order valence-electron chi connectivity index (χ4n) is 1.39. The Morgan fingerprint density at radius 1 is 1.33 bits per heavy atom. The fraction of sp³-hybridized carbons (Fsp3) is 0.385. The second-order valence-electron chi connectivity index (χ2n) is 4.71. The third-order valence-electron chi connectivity index (χ3n) is 2.57. The molecule has 18 heavy (non-hydrogen) atoms. The lowest BCUT2D eigenvalue weighted by Crippen LogP contribution is -2.51. The summed E-state index contributed by atoms with van der Waals surface area (Å²) in [4.78, 5) is 0.144. The molecular weight excluding hydrogens is 250 g/mol. The van der Waals surface area contributed by atoms with Gasteiger partial charge in [-0.05, 0) is 32.9 Å². The first kappa shape index (κ1) is 14.7. The van der Waals surface area contributed by atoms with Crippen molar-refractivity contribution in [2.45, 2.75) is 37.3 Å². The number of aliphatic hydroxyl groups is 1. The molecule has 0 aliphatic rings. The maximum absolute atomic E-state index is 12.1. The van der Waals surface area contributed by atoms with Gasteiger partial charge in [0.15, 0.2) is 0 Å². The highest BCUT2D eigenvalue weighted by atomic mass is 32.2. The van der Waals surface area contributed by atoms with E-state index in [9.17, 15) is 13.5 Å². The van der Waals surface area contributed by atoms with Gasteiger partial charge in [-0.1, -0.05) is 23.6 Å². The minimum absolute atomic E-state index is 0.144. The van der Waals surface area contributed by atoms with E-state index in [-0.39, 0.29) is 4.90 Å². The zero-order valence-corrected chi connectivity index (χ0v) is 11.5. The first-order valence-electron chi connectivity index (χ1n) is 5.44. The molecule has 98 valence electrons. The first-order chi connectivity index (χ1) is 8.19. The zero-order valence-electron chi connectivity index (χ0n) is 10.6. The lowest BCUT2D eigenvalue weighted by molar-refractivity contribution is 0.146. The molecule has 1 atom stereocenters. The quantitative estimate of drug-likeness (QED) is 0.801. The molecule has 4 nitrogen and oxygen atoms in total. The predicted octanol–water partition coefficient (Wildman–Crippen LogP) is 1.05. The number of aliphatic hydroxyl groups excluding tert-OH is 1. The van der Waals surface area contributed by atoms with Gasteiger partial charge >= 0.3 is 0 Å². The van der Waals surface area contributed by atoms with Crippen LogP contribution >= 0.6 is 0 Å². The Balaban J connectivity index is 3.03. The van der Waals surface area contributed by atoms with Gasteiger partial charge in [-0.2, -0.15) is 0 Å². The van der Waals surface area contributed by atoms with Gasteiger partial charge in [0.2, 0.25) is 10.0 Å². The summed E-state index contributed by atoms with van der Waals surface area (Å²) in [6, 6.07) is 6.43. The third-order valence-corrected chi connectivity index (χ3v) is 4.26. The van der Waals surface area contributed by atoms with Crippen molar-refractivity contribution >= 4 is 10.0 Å². The van der Waals surface area contributed by atoms with Gasteiger partial charge in [-0.3, -0.25) is 0 Å².